The standard InChI is InChI=1S/C26H31FN2O4/c1-3-15-33-23-10-9-22(27)24-25(23)29(12-4-11-28-13-16-32-17-14-28)18-21(26(24)30)19-5-7-20(31-2)8-6-19/h5-10,18H,3-4,11-17H2,1-2H3. The minimum atomic E-state index is -0.531. The van der Waals surface area contributed by atoms with E-state index in [1.807, 2.05) is 29.8 Å². The smallest absolute Gasteiger partial charge is 0.200 e. The van der Waals surface area contributed by atoms with Crippen LogP contribution >= 0.6 is 0 Å². The number of rotatable bonds is 9. The largest absolute Gasteiger partial charge is 0.497 e. The summed E-state index contributed by atoms with van der Waals surface area (Å²) in [7, 11) is 1.60. The number of morpholine rings is 1. The summed E-state index contributed by atoms with van der Waals surface area (Å²) in [4.78, 5) is 15.8. The quantitative estimate of drug-likeness (QED) is 0.482. The van der Waals surface area contributed by atoms with Crippen LogP contribution in [0.2, 0.25) is 0 Å². The molecule has 0 spiro atoms. The number of aryl methyl sites for hydroxylation is 1. The zero-order valence-corrected chi connectivity index (χ0v) is 19.3. The molecule has 3 aromatic rings. The molecule has 33 heavy (non-hydrogen) atoms. The first-order valence-corrected chi connectivity index (χ1v) is 11.6. The third kappa shape index (κ3) is 5.20. The summed E-state index contributed by atoms with van der Waals surface area (Å²) in [5, 5.41) is 0.0725. The maximum atomic E-state index is 15.0. The van der Waals surface area contributed by atoms with Crippen LogP contribution in [0.3, 0.4) is 0 Å². The van der Waals surface area contributed by atoms with Crippen molar-refractivity contribution in [2.45, 2.75) is 26.3 Å². The van der Waals surface area contributed by atoms with Gasteiger partial charge in [0.15, 0.2) is 5.43 Å². The lowest BCUT2D eigenvalue weighted by atomic mass is 10.0. The molecule has 2 heterocycles. The van der Waals surface area contributed by atoms with Crippen molar-refractivity contribution in [3.05, 3.63) is 58.6 Å². The van der Waals surface area contributed by atoms with Crippen molar-refractivity contribution >= 4 is 10.9 Å². The highest BCUT2D eigenvalue weighted by atomic mass is 19.1. The fraction of sp³-hybridized carbons (Fsp3) is 0.423. The van der Waals surface area contributed by atoms with Gasteiger partial charge in [0.2, 0.25) is 0 Å². The first-order valence-electron chi connectivity index (χ1n) is 11.6. The molecule has 1 aromatic heterocycles. The van der Waals surface area contributed by atoms with Gasteiger partial charge in [-0.3, -0.25) is 9.69 Å². The van der Waals surface area contributed by atoms with Crippen molar-refractivity contribution in [1.29, 1.82) is 0 Å². The molecular formula is C26H31FN2O4. The molecular weight excluding hydrogens is 423 g/mol. The Hall–Kier alpha value is -2.90. The Labute approximate surface area is 193 Å². The summed E-state index contributed by atoms with van der Waals surface area (Å²) >= 11 is 0. The molecule has 1 saturated heterocycles. The zero-order chi connectivity index (χ0) is 23.2. The molecule has 6 nitrogen and oxygen atoms in total. The number of ether oxygens (including phenoxy) is 3. The van der Waals surface area contributed by atoms with E-state index in [-0.39, 0.29) is 10.8 Å². The average Bonchev–Trinajstić information content (AvgIpc) is 2.85. The van der Waals surface area contributed by atoms with Gasteiger partial charge in [-0.2, -0.15) is 0 Å². The number of fused-ring (bicyclic) bond motifs is 1. The minimum absolute atomic E-state index is 0.0725. The van der Waals surface area contributed by atoms with Crippen LogP contribution in [0.15, 0.2) is 47.4 Å². The second-order valence-electron chi connectivity index (χ2n) is 8.22. The van der Waals surface area contributed by atoms with Crippen LogP contribution in [0.1, 0.15) is 19.8 Å². The normalized spacial score (nSPS) is 14.5. The molecule has 4 rings (SSSR count). The molecule has 0 amide bonds. The van der Waals surface area contributed by atoms with E-state index >= 15 is 4.39 Å². The van der Waals surface area contributed by atoms with Gasteiger partial charge in [0.25, 0.3) is 0 Å². The lowest BCUT2D eigenvalue weighted by Crippen LogP contribution is -2.37. The number of aromatic nitrogens is 1. The van der Waals surface area contributed by atoms with E-state index in [2.05, 4.69) is 4.90 Å². The molecule has 1 aliphatic rings. The minimum Gasteiger partial charge on any atom is -0.497 e. The number of methoxy groups -OCH3 is 1. The maximum Gasteiger partial charge on any atom is 0.200 e. The third-order valence-electron chi connectivity index (χ3n) is 5.97. The lowest BCUT2D eigenvalue weighted by molar-refractivity contribution is 0.0369. The van der Waals surface area contributed by atoms with E-state index in [0.29, 0.717) is 35.7 Å². The Bertz CT molecular complexity index is 1140. The first-order chi connectivity index (χ1) is 16.1. The van der Waals surface area contributed by atoms with E-state index in [0.717, 1.165) is 51.3 Å². The van der Waals surface area contributed by atoms with Gasteiger partial charge in [-0.05, 0) is 42.7 Å². The van der Waals surface area contributed by atoms with Crippen LogP contribution in [0, 0.1) is 5.82 Å². The first kappa shape index (κ1) is 23.3. The molecule has 0 radical (unpaired) electrons. The van der Waals surface area contributed by atoms with Crippen LogP contribution in [-0.4, -0.2) is 56.0 Å². The Morgan fingerprint density at radius 3 is 2.52 bits per heavy atom. The molecule has 2 aromatic carbocycles. The molecule has 0 unspecified atom stereocenters. The van der Waals surface area contributed by atoms with E-state index in [9.17, 15) is 4.79 Å². The second-order valence-corrected chi connectivity index (χ2v) is 8.22. The predicted molar refractivity (Wildman–Crippen MR) is 128 cm³/mol. The zero-order valence-electron chi connectivity index (χ0n) is 19.3. The van der Waals surface area contributed by atoms with Crippen molar-refractivity contribution in [1.82, 2.24) is 9.47 Å². The maximum absolute atomic E-state index is 15.0. The van der Waals surface area contributed by atoms with Gasteiger partial charge in [-0.25, -0.2) is 4.39 Å². The monoisotopic (exact) mass is 454 g/mol. The van der Waals surface area contributed by atoms with Gasteiger partial charge in [-0.15, -0.1) is 0 Å². The highest BCUT2D eigenvalue weighted by Gasteiger charge is 2.19. The summed E-state index contributed by atoms with van der Waals surface area (Å²) in [5.74, 6) is 0.709. The molecule has 176 valence electrons. The van der Waals surface area contributed by atoms with E-state index in [1.54, 1.807) is 25.3 Å². The van der Waals surface area contributed by atoms with Gasteiger partial charge in [0.1, 0.15) is 17.3 Å². The molecule has 0 bridgehead atoms. The topological polar surface area (TPSA) is 52.9 Å². The summed E-state index contributed by atoms with van der Waals surface area (Å²) in [6.45, 7) is 7.42. The molecule has 0 aliphatic carbocycles. The number of halogens is 1. The SMILES string of the molecule is CCCOc1ccc(F)c2c(=O)c(-c3ccc(OC)cc3)cn(CCCN3CCOCC3)c12. The summed E-state index contributed by atoms with van der Waals surface area (Å²) in [5.41, 5.74) is 1.37. The Morgan fingerprint density at radius 1 is 1.06 bits per heavy atom. The van der Waals surface area contributed by atoms with Crippen LogP contribution in [0.25, 0.3) is 22.0 Å². The molecule has 0 saturated carbocycles. The van der Waals surface area contributed by atoms with Gasteiger partial charge in [0.05, 0.1) is 37.8 Å². The van der Waals surface area contributed by atoms with Gasteiger partial charge in [-0.1, -0.05) is 19.1 Å². The number of nitrogens with zero attached hydrogens (tertiary/aromatic N) is 2. The van der Waals surface area contributed by atoms with E-state index in [4.69, 9.17) is 14.2 Å². The van der Waals surface area contributed by atoms with Crippen molar-refractivity contribution in [2.24, 2.45) is 0 Å². The molecule has 0 atom stereocenters. The lowest BCUT2D eigenvalue weighted by Gasteiger charge is -2.26. The van der Waals surface area contributed by atoms with Crippen molar-refractivity contribution in [3.63, 3.8) is 0 Å². The number of benzene rings is 2. The van der Waals surface area contributed by atoms with Gasteiger partial charge < -0.3 is 18.8 Å². The van der Waals surface area contributed by atoms with Crippen LogP contribution < -0.4 is 14.9 Å². The molecule has 1 aliphatic heterocycles. The summed E-state index contributed by atoms with van der Waals surface area (Å²) < 4.78 is 33.6. The van der Waals surface area contributed by atoms with Crippen molar-refractivity contribution in [3.8, 4) is 22.6 Å². The fourth-order valence-corrected chi connectivity index (χ4v) is 4.23. The molecule has 7 heteroatoms. The number of hydrogen-bond donors (Lipinski definition) is 0. The summed E-state index contributed by atoms with van der Waals surface area (Å²) in [6, 6.07) is 10.2. The highest BCUT2D eigenvalue weighted by molar-refractivity contribution is 5.89. The molecule has 0 N–H and O–H groups in total. The van der Waals surface area contributed by atoms with E-state index in [1.165, 1.54) is 6.07 Å². The molecule has 1 fully saturated rings. The third-order valence-corrected chi connectivity index (χ3v) is 5.97. The van der Waals surface area contributed by atoms with Crippen LogP contribution in [-0.2, 0) is 11.3 Å². The van der Waals surface area contributed by atoms with Crippen molar-refractivity contribution < 1.29 is 18.6 Å². The summed E-state index contributed by atoms with van der Waals surface area (Å²) in [6.07, 6.45) is 3.53. The predicted octanol–water partition coefficient (Wildman–Crippen LogP) is 4.33. The Kier molecular flexibility index (Phi) is 7.62. The Balaban J connectivity index is 1.77. The highest BCUT2D eigenvalue weighted by Crippen LogP contribution is 2.30. The van der Waals surface area contributed by atoms with Crippen LogP contribution in [0.4, 0.5) is 4.39 Å². The fourth-order valence-electron chi connectivity index (χ4n) is 4.23. The van der Waals surface area contributed by atoms with E-state index < -0.39 is 5.82 Å². The average molecular weight is 455 g/mol. The van der Waals surface area contributed by atoms with Crippen LogP contribution in [0.5, 0.6) is 11.5 Å². The number of hydrogen-bond acceptors (Lipinski definition) is 5. The van der Waals surface area contributed by atoms with Crippen molar-refractivity contribution in [2.75, 3.05) is 46.6 Å². The van der Waals surface area contributed by atoms with Gasteiger partial charge in [0, 0.05) is 37.9 Å². The Morgan fingerprint density at radius 2 is 1.82 bits per heavy atom. The van der Waals surface area contributed by atoms with Gasteiger partial charge >= 0.3 is 0 Å². The second kappa shape index (κ2) is 10.8. The number of pyridine rings is 1.